The van der Waals surface area contributed by atoms with Gasteiger partial charge in [-0.15, -0.1) is 13.2 Å². The third-order valence-electron chi connectivity index (χ3n) is 5.79. The lowest BCUT2D eigenvalue weighted by molar-refractivity contribution is -0.274. The van der Waals surface area contributed by atoms with Crippen LogP contribution in [0.5, 0.6) is 11.5 Å². The molecular weight excluding hydrogens is 461 g/mol. The normalized spacial score (nSPS) is 17.1. The van der Waals surface area contributed by atoms with Gasteiger partial charge in [0.05, 0.1) is 31.0 Å². The molecule has 0 spiro atoms. The predicted octanol–water partition coefficient (Wildman–Crippen LogP) is 5.50. The topological polar surface area (TPSA) is 70.5 Å². The summed E-state index contributed by atoms with van der Waals surface area (Å²) in [5.74, 6) is -0.0680. The molecule has 1 saturated carbocycles. The van der Waals surface area contributed by atoms with E-state index in [4.69, 9.17) is 14.5 Å². The fraction of sp³-hybridized carbons (Fsp3) is 0.346. The molecule has 2 aromatic heterocycles. The zero-order valence-corrected chi connectivity index (χ0v) is 19.3. The van der Waals surface area contributed by atoms with Crippen LogP contribution in [0.1, 0.15) is 36.1 Å². The summed E-state index contributed by atoms with van der Waals surface area (Å²) in [6.07, 6.45) is 0.728. The Bertz CT molecular complexity index is 1180. The molecule has 0 saturated heterocycles. The number of aryl methyl sites for hydroxylation is 2. The van der Waals surface area contributed by atoms with Gasteiger partial charge >= 0.3 is 12.3 Å². The molecule has 0 aliphatic heterocycles. The summed E-state index contributed by atoms with van der Waals surface area (Å²) in [5.41, 5.74) is 4.13. The van der Waals surface area contributed by atoms with E-state index < -0.39 is 6.36 Å². The van der Waals surface area contributed by atoms with Crippen molar-refractivity contribution < 1.29 is 32.2 Å². The minimum atomic E-state index is -4.71. The fourth-order valence-corrected chi connectivity index (χ4v) is 3.98. The molecule has 0 radical (unpaired) electrons. The zero-order valence-electron chi connectivity index (χ0n) is 19.3. The maximum absolute atomic E-state index is 12.3. The van der Waals surface area contributed by atoms with Gasteiger partial charge in [0, 0.05) is 23.9 Å². The lowest BCUT2D eigenvalue weighted by atomic mass is 10.0. The molecule has 2 heterocycles. The second-order valence-corrected chi connectivity index (χ2v) is 8.26. The molecule has 0 N–H and O–H groups in total. The third-order valence-corrected chi connectivity index (χ3v) is 5.79. The smallest absolute Gasteiger partial charge is 0.495 e. The first-order chi connectivity index (χ1) is 16.8. The number of esters is 1. The first-order valence-corrected chi connectivity index (χ1v) is 11.3. The number of halogens is 3. The zero-order chi connectivity index (χ0) is 25.0. The number of methoxy groups -OCH3 is 1. The van der Waals surface area contributed by atoms with Crippen LogP contribution >= 0.6 is 0 Å². The Kier molecular flexibility index (Phi) is 7.23. The summed E-state index contributed by atoms with van der Waals surface area (Å²) < 4.78 is 51.5. The number of nitrogens with zero attached hydrogens (tertiary/aromatic N) is 2. The van der Waals surface area contributed by atoms with Crippen molar-refractivity contribution in [3.63, 3.8) is 0 Å². The highest BCUT2D eigenvalue weighted by Gasteiger charge is 2.47. The average Bonchev–Trinajstić information content (AvgIpc) is 3.64. The molecule has 184 valence electrons. The first kappa shape index (κ1) is 24.5. The van der Waals surface area contributed by atoms with Gasteiger partial charge in [-0.1, -0.05) is 12.1 Å². The van der Waals surface area contributed by atoms with E-state index in [0.717, 1.165) is 28.1 Å². The Morgan fingerprint density at radius 2 is 1.80 bits per heavy atom. The molecule has 1 aliphatic rings. The highest BCUT2D eigenvalue weighted by Crippen LogP contribution is 2.50. The molecule has 0 amide bonds. The van der Waals surface area contributed by atoms with Crippen LogP contribution in [0.3, 0.4) is 0 Å². The minimum Gasteiger partial charge on any atom is -0.495 e. The van der Waals surface area contributed by atoms with E-state index in [2.05, 4.69) is 9.72 Å². The van der Waals surface area contributed by atoms with Gasteiger partial charge < -0.3 is 14.2 Å². The van der Waals surface area contributed by atoms with E-state index in [9.17, 15) is 18.0 Å². The van der Waals surface area contributed by atoms with E-state index in [1.807, 2.05) is 18.2 Å². The fourth-order valence-electron chi connectivity index (χ4n) is 3.98. The second kappa shape index (κ2) is 10.3. The summed E-state index contributed by atoms with van der Waals surface area (Å²) in [7, 11) is 1.58. The van der Waals surface area contributed by atoms with Crippen LogP contribution in [-0.2, 0) is 22.4 Å². The van der Waals surface area contributed by atoms with E-state index in [1.54, 1.807) is 38.6 Å². The van der Waals surface area contributed by atoms with Crippen LogP contribution in [0.15, 0.2) is 54.9 Å². The van der Waals surface area contributed by atoms with Crippen LogP contribution in [0.25, 0.3) is 11.3 Å². The Balaban J connectivity index is 1.45. The molecule has 1 aliphatic carbocycles. The van der Waals surface area contributed by atoms with Crippen LogP contribution in [0.4, 0.5) is 13.2 Å². The van der Waals surface area contributed by atoms with E-state index >= 15 is 0 Å². The number of pyridine rings is 2. The Morgan fingerprint density at radius 3 is 2.49 bits per heavy atom. The van der Waals surface area contributed by atoms with E-state index in [1.165, 1.54) is 12.1 Å². The Labute approximate surface area is 201 Å². The van der Waals surface area contributed by atoms with Crippen molar-refractivity contribution in [3.8, 4) is 22.8 Å². The number of carbonyl (C=O) groups is 1. The number of alkyl halides is 3. The molecule has 4 rings (SSSR count). The summed E-state index contributed by atoms with van der Waals surface area (Å²) in [4.78, 5) is 21.2. The van der Waals surface area contributed by atoms with Crippen LogP contribution in [0, 0.1) is 5.92 Å². The molecule has 0 bridgehead atoms. The maximum atomic E-state index is 12.3. The molecule has 1 fully saturated rings. The molecule has 6 nitrogen and oxygen atoms in total. The monoisotopic (exact) mass is 486 g/mol. The van der Waals surface area contributed by atoms with Crippen molar-refractivity contribution in [3.05, 3.63) is 71.7 Å². The number of hydrogen-bond acceptors (Lipinski definition) is 6. The summed E-state index contributed by atoms with van der Waals surface area (Å²) >= 11 is 0. The number of rotatable bonds is 9. The summed E-state index contributed by atoms with van der Waals surface area (Å²) in [6, 6.07) is 11.5. The van der Waals surface area contributed by atoms with Crippen molar-refractivity contribution in [1.82, 2.24) is 9.97 Å². The van der Waals surface area contributed by atoms with Crippen LogP contribution < -0.4 is 9.47 Å². The third kappa shape index (κ3) is 6.29. The van der Waals surface area contributed by atoms with E-state index in [-0.39, 0.29) is 23.6 Å². The molecule has 2 atom stereocenters. The maximum Gasteiger partial charge on any atom is 0.573 e. The first-order valence-electron chi connectivity index (χ1n) is 11.3. The molecule has 3 aromatic rings. The standard InChI is InChI=1S/C26H25F3N2O4/c1-3-34-25(32)21-13-20(21)24-23(33-2)11-10-22(31-24)18-12-17(14-30-15-18)5-4-16-6-8-19(9-7-16)35-26(27,28)29/h6-12,14-15,20-21H,3-5,13H2,1-2H3/t20-,21-/m1/s1. The van der Waals surface area contributed by atoms with Gasteiger partial charge in [0.2, 0.25) is 0 Å². The number of hydrogen-bond donors (Lipinski definition) is 0. The quantitative estimate of drug-likeness (QED) is 0.372. The molecule has 1 aromatic carbocycles. The average molecular weight is 486 g/mol. The number of aromatic nitrogens is 2. The summed E-state index contributed by atoms with van der Waals surface area (Å²) in [6.45, 7) is 2.13. The number of carbonyl (C=O) groups excluding carboxylic acids is 1. The molecule has 35 heavy (non-hydrogen) atoms. The van der Waals surface area contributed by atoms with Crippen molar-refractivity contribution in [2.75, 3.05) is 13.7 Å². The van der Waals surface area contributed by atoms with Gasteiger partial charge in [-0.05, 0) is 67.6 Å². The van der Waals surface area contributed by atoms with Gasteiger partial charge in [0.25, 0.3) is 0 Å². The second-order valence-electron chi connectivity index (χ2n) is 8.26. The highest BCUT2D eigenvalue weighted by molar-refractivity contribution is 5.77. The lowest BCUT2D eigenvalue weighted by Crippen LogP contribution is -2.17. The van der Waals surface area contributed by atoms with Crippen molar-refractivity contribution in [2.24, 2.45) is 5.92 Å². The van der Waals surface area contributed by atoms with Gasteiger partial charge in [0.1, 0.15) is 11.5 Å². The minimum absolute atomic E-state index is 0.0376. The summed E-state index contributed by atoms with van der Waals surface area (Å²) in [5, 5.41) is 0. The van der Waals surface area contributed by atoms with Crippen molar-refractivity contribution >= 4 is 5.97 Å². The lowest BCUT2D eigenvalue weighted by Gasteiger charge is -2.11. The number of benzene rings is 1. The van der Waals surface area contributed by atoms with Gasteiger partial charge in [-0.2, -0.15) is 0 Å². The van der Waals surface area contributed by atoms with E-state index in [0.29, 0.717) is 31.6 Å². The Morgan fingerprint density at radius 1 is 1.06 bits per heavy atom. The largest absolute Gasteiger partial charge is 0.573 e. The van der Waals surface area contributed by atoms with Crippen LogP contribution in [0.2, 0.25) is 0 Å². The van der Waals surface area contributed by atoms with Gasteiger partial charge in [-0.3, -0.25) is 9.78 Å². The molecular formula is C26H25F3N2O4. The van der Waals surface area contributed by atoms with Crippen LogP contribution in [-0.4, -0.2) is 36.0 Å². The molecule has 9 heteroatoms. The predicted molar refractivity (Wildman–Crippen MR) is 122 cm³/mol. The number of ether oxygens (including phenoxy) is 3. The van der Waals surface area contributed by atoms with Crippen molar-refractivity contribution in [2.45, 2.75) is 38.5 Å². The van der Waals surface area contributed by atoms with Gasteiger partial charge in [-0.25, -0.2) is 4.98 Å². The van der Waals surface area contributed by atoms with Crippen molar-refractivity contribution in [1.29, 1.82) is 0 Å². The highest BCUT2D eigenvalue weighted by atomic mass is 19.4. The molecule has 0 unspecified atom stereocenters. The Hall–Kier alpha value is -3.62. The van der Waals surface area contributed by atoms with Gasteiger partial charge in [0.15, 0.2) is 0 Å². The SMILES string of the molecule is CCOC(=O)[C@@H]1C[C@H]1c1nc(-c2cncc(CCc3ccc(OC(F)(F)F)cc3)c2)ccc1OC.